The van der Waals surface area contributed by atoms with Crippen LogP contribution in [0.3, 0.4) is 0 Å². The Hall–Kier alpha value is -0.120. The topological polar surface area (TPSA) is 44.3 Å². The lowest BCUT2D eigenvalue weighted by atomic mass is 10.2. The number of hydrogen-bond donors (Lipinski definition) is 3. The molecule has 0 fully saturated rings. The smallest absolute Gasteiger partial charge is 0.0584 e. The van der Waals surface area contributed by atoms with Gasteiger partial charge in [-0.2, -0.15) is 0 Å². The molecule has 0 aromatic heterocycles. The summed E-state index contributed by atoms with van der Waals surface area (Å²) >= 11 is 0. The molecule has 0 saturated carbocycles. The molecule has 0 amide bonds. The molecule has 0 aliphatic heterocycles. The van der Waals surface area contributed by atoms with Crippen LogP contribution < -0.4 is 10.6 Å². The molecule has 0 saturated heterocycles. The van der Waals surface area contributed by atoms with Crippen LogP contribution in [0.4, 0.5) is 0 Å². The highest BCUT2D eigenvalue weighted by Crippen LogP contribution is 1.88. The van der Waals surface area contributed by atoms with Crippen molar-refractivity contribution in [1.82, 2.24) is 10.6 Å². The standard InChI is InChI=1S/C10H24N2O/c1-4-9(3)11-6-7-12-10(5-2)8-13/h9-13H,4-8H2,1-3H3/t9-,10+/m0/s1. The van der Waals surface area contributed by atoms with Crippen LogP contribution in [-0.2, 0) is 0 Å². The first-order valence-electron chi connectivity index (χ1n) is 5.32. The van der Waals surface area contributed by atoms with Gasteiger partial charge in [0, 0.05) is 25.2 Å². The highest BCUT2D eigenvalue weighted by molar-refractivity contribution is 4.65. The number of aliphatic hydroxyl groups excluding tert-OH is 1. The molecule has 0 unspecified atom stereocenters. The molecule has 0 rings (SSSR count). The fourth-order valence-corrected chi connectivity index (χ4v) is 1.08. The second-order valence-electron chi connectivity index (χ2n) is 3.51. The molecule has 0 bridgehead atoms. The zero-order valence-electron chi connectivity index (χ0n) is 9.14. The summed E-state index contributed by atoms with van der Waals surface area (Å²) in [6, 6.07) is 0.856. The van der Waals surface area contributed by atoms with Crippen molar-refractivity contribution in [2.24, 2.45) is 0 Å². The Kier molecular flexibility index (Phi) is 8.40. The molecule has 2 atom stereocenters. The van der Waals surface area contributed by atoms with E-state index in [4.69, 9.17) is 5.11 Å². The summed E-state index contributed by atoms with van der Waals surface area (Å²) in [6.45, 7) is 8.59. The van der Waals surface area contributed by atoms with Gasteiger partial charge in [0.2, 0.25) is 0 Å². The SMILES string of the molecule is CC[C@H](CO)NCCN[C@@H](C)CC. The maximum atomic E-state index is 8.90. The van der Waals surface area contributed by atoms with Gasteiger partial charge in [0.05, 0.1) is 6.61 Å². The third-order valence-electron chi connectivity index (χ3n) is 2.38. The number of nitrogens with one attached hydrogen (secondary N) is 2. The lowest BCUT2D eigenvalue weighted by Crippen LogP contribution is -2.39. The van der Waals surface area contributed by atoms with Gasteiger partial charge in [0.25, 0.3) is 0 Å². The van der Waals surface area contributed by atoms with Crippen molar-refractivity contribution in [3.8, 4) is 0 Å². The monoisotopic (exact) mass is 188 g/mol. The normalized spacial score (nSPS) is 15.7. The van der Waals surface area contributed by atoms with Crippen LogP contribution in [0.5, 0.6) is 0 Å². The number of aliphatic hydroxyl groups is 1. The van der Waals surface area contributed by atoms with Gasteiger partial charge in [-0.15, -0.1) is 0 Å². The van der Waals surface area contributed by atoms with Crippen LogP contribution in [0.2, 0.25) is 0 Å². The molecule has 0 radical (unpaired) electrons. The first kappa shape index (κ1) is 12.9. The minimum absolute atomic E-state index is 0.236. The minimum Gasteiger partial charge on any atom is -0.395 e. The summed E-state index contributed by atoms with van der Waals surface area (Å²) in [5.41, 5.74) is 0. The zero-order valence-corrected chi connectivity index (χ0v) is 9.14. The van der Waals surface area contributed by atoms with Crippen LogP contribution in [0.15, 0.2) is 0 Å². The molecule has 0 heterocycles. The molecular formula is C10H24N2O. The van der Waals surface area contributed by atoms with Gasteiger partial charge in [0.1, 0.15) is 0 Å². The fraction of sp³-hybridized carbons (Fsp3) is 1.00. The van der Waals surface area contributed by atoms with Crippen molar-refractivity contribution in [3.05, 3.63) is 0 Å². The molecule has 0 aliphatic carbocycles. The summed E-state index contributed by atoms with van der Waals surface area (Å²) in [6.07, 6.45) is 2.15. The summed E-state index contributed by atoms with van der Waals surface area (Å²) < 4.78 is 0. The van der Waals surface area contributed by atoms with Crippen molar-refractivity contribution in [2.75, 3.05) is 19.7 Å². The van der Waals surface area contributed by atoms with E-state index >= 15 is 0 Å². The summed E-state index contributed by atoms with van der Waals surface area (Å²) in [5.74, 6) is 0. The van der Waals surface area contributed by atoms with Gasteiger partial charge in [0.15, 0.2) is 0 Å². The number of hydrogen-bond acceptors (Lipinski definition) is 3. The van der Waals surface area contributed by atoms with E-state index in [2.05, 4.69) is 31.4 Å². The molecule has 0 aromatic carbocycles. The highest BCUT2D eigenvalue weighted by Gasteiger charge is 2.02. The summed E-state index contributed by atoms with van der Waals surface area (Å²) in [4.78, 5) is 0. The molecule has 0 aromatic rings. The van der Waals surface area contributed by atoms with Crippen molar-refractivity contribution in [3.63, 3.8) is 0 Å². The molecule has 3 nitrogen and oxygen atoms in total. The lowest BCUT2D eigenvalue weighted by molar-refractivity contribution is 0.239. The molecule has 13 heavy (non-hydrogen) atoms. The Labute approximate surface area is 81.9 Å². The summed E-state index contributed by atoms with van der Waals surface area (Å²) in [7, 11) is 0. The van der Waals surface area contributed by atoms with Gasteiger partial charge in [-0.05, 0) is 19.8 Å². The van der Waals surface area contributed by atoms with Crippen molar-refractivity contribution < 1.29 is 5.11 Å². The van der Waals surface area contributed by atoms with Gasteiger partial charge in [-0.3, -0.25) is 0 Å². The van der Waals surface area contributed by atoms with E-state index in [0.29, 0.717) is 6.04 Å². The third kappa shape index (κ3) is 6.99. The average molecular weight is 188 g/mol. The molecule has 3 heteroatoms. The largest absolute Gasteiger partial charge is 0.395 e. The maximum Gasteiger partial charge on any atom is 0.0584 e. The van der Waals surface area contributed by atoms with E-state index in [9.17, 15) is 0 Å². The quantitative estimate of drug-likeness (QED) is 0.492. The Morgan fingerprint density at radius 3 is 2.15 bits per heavy atom. The Morgan fingerprint density at radius 2 is 1.69 bits per heavy atom. The first-order valence-corrected chi connectivity index (χ1v) is 5.32. The van der Waals surface area contributed by atoms with Crippen LogP contribution in [-0.4, -0.2) is 36.9 Å². The minimum atomic E-state index is 0.236. The molecule has 0 aliphatic rings. The maximum absolute atomic E-state index is 8.90. The van der Waals surface area contributed by atoms with E-state index in [-0.39, 0.29) is 12.6 Å². The zero-order chi connectivity index (χ0) is 10.1. The Bertz CT molecular complexity index is 105. The van der Waals surface area contributed by atoms with Gasteiger partial charge in [-0.1, -0.05) is 13.8 Å². The van der Waals surface area contributed by atoms with Crippen molar-refractivity contribution >= 4 is 0 Å². The predicted molar refractivity (Wildman–Crippen MR) is 56.9 cm³/mol. The van der Waals surface area contributed by atoms with E-state index in [1.807, 2.05) is 0 Å². The molecular weight excluding hydrogens is 164 g/mol. The molecule has 0 spiro atoms. The molecule has 80 valence electrons. The van der Waals surface area contributed by atoms with Crippen LogP contribution in [0, 0.1) is 0 Å². The van der Waals surface area contributed by atoms with Crippen LogP contribution >= 0.6 is 0 Å². The first-order chi connectivity index (χ1) is 6.24. The third-order valence-corrected chi connectivity index (χ3v) is 2.38. The van der Waals surface area contributed by atoms with Gasteiger partial charge in [-0.25, -0.2) is 0 Å². The van der Waals surface area contributed by atoms with Crippen LogP contribution in [0.25, 0.3) is 0 Å². The van der Waals surface area contributed by atoms with Gasteiger partial charge >= 0.3 is 0 Å². The highest BCUT2D eigenvalue weighted by atomic mass is 16.3. The van der Waals surface area contributed by atoms with Crippen molar-refractivity contribution in [2.45, 2.75) is 45.7 Å². The van der Waals surface area contributed by atoms with E-state index < -0.39 is 0 Å². The Balaban J connectivity index is 3.23. The van der Waals surface area contributed by atoms with E-state index in [1.54, 1.807) is 0 Å². The van der Waals surface area contributed by atoms with Gasteiger partial charge < -0.3 is 15.7 Å². The molecule has 3 N–H and O–H groups in total. The summed E-state index contributed by atoms with van der Waals surface area (Å²) in [5, 5.41) is 15.6. The van der Waals surface area contributed by atoms with Crippen molar-refractivity contribution in [1.29, 1.82) is 0 Å². The lowest BCUT2D eigenvalue weighted by Gasteiger charge is -2.16. The average Bonchev–Trinajstić information content (AvgIpc) is 2.18. The van der Waals surface area contributed by atoms with Crippen LogP contribution in [0.1, 0.15) is 33.6 Å². The number of rotatable bonds is 8. The Morgan fingerprint density at radius 1 is 1.08 bits per heavy atom. The van der Waals surface area contributed by atoms with E-state index in [0.717, 1.165) is 25.9 Å². The van der Waals surface area contributed by atoms with E-state index in [1.165, 1.54) is 0 Å². The second kappa shape index (κ2) is 8.48. The second-order valence-corrected chi connectivity index (χ2v) is 3.51. The predicted octanol–water partition coefficient (Wildman–Crippen LogP) is 0.735. The fourth-order valence-electron chi connectivity index (χ4n) is 1.08.